The number of ether oxygens (including phenoxy) is 1. The van der Waals surface area contributed by atoms with Gasteiger partial charge in [0.15, 0.2) is 0 Å². The lowest BCUT2D eigenvalue weighted by atomic mass is 10.1. The molecule has 0 amide bonds. The first kappa shape index (κ1) is 14.3. The quantitative estimate of drug-likeness (QED) is 0.696. The standard InChI is InChI=1S/C18H17N3O2S/c1-2-15(22-9-1)17-20-16(21-23-17)12-5-3-11(4-6-12)14-10-24-18(19-14)13-7-8-13/h3-6,10,13,15H,1-2,7-9H2. The molecule has 6 heteroatoms. The smallest absolute Gasteiger partial charge is 0.256 e. The molecular weight excluding hydrogens is 322 g/mol. The summed E-state index contributed by atoms with van der Waals surface area (Å²) in [5.41, 5.74) is 3.13. The van der Waals surface area contributed by atoms with Gasteiger partial charge >= 0.3 is 0 Å². The molecule has 24 heavy (non-hydrogen) atoms. The summed E-state index contributed by atoms with van der Waals surface area (Å²) in [4.78, 5) is 9.24. The molecule has 3 aromatic rings. The molecule has 2 fully saturated rings. The van der Waals surface area contributed by atoms with Gasteiger partial charge in [-0.15, -0.1) is 11.3 Å². The molecule has 1 saturated heterocycles. The summed E-state index contributed by atoms with van der Waals surface area (Å²) in [7, 11) is 0. The second kappa shape index (κ2) is 5.79. The van der Waals surface area contributed by atoms with Crippen LogP contribution < -0.4 is 0 Å². The Morgan fingerprint density at radius 3 is 2.58 bits per heavy atom. The van der Waals surface area contributed by atoms with Gasteiger partial charge < -0.3 is 9.26 Å². The summed E-state index contributed by atoms with van der Waals surface area (Å²) < 4.78 is 10.9. The molecule has 3 heterocycles. The number of benzene rings is 1. The minimum absolute atomic E-state index is 0.0404. The number of aromatic nitrogens is 3. The van der Waals surface area contributed by atoms with E-state index in [0.717, 1.165) is 36.3 Å². The lowest BCUT2D eigenvalue weighted by Gasteiger charge is -2.01. The van der Waals surface area contributed by atoms with Crippen molar-refractivity contribution in [3.8, 4) is 22.6 Å². The van der Waals surface area contributed by atoms with Crippen molar-refractivity contribution in [2.24, 2.45) is 0 Å². The first-order valence-corrected chi connectivity index (χ1v) is 9.26. The van der Waals surface area contributed by atoms with Crippen LogP contribution in [0.3, 0.4) is 0 Å². The molecule has 1 aliphatic carbocycles. The third-order valence-electron chi connectivity index (χ3n) is 4.53. The van der Waals surface area contributed by atoms with E-state index >= 15 is 0 Å². The Balaban J connectivity index is 1.37. The van der Waals surface area contributed by atoms with E-state index in [-0.39, 0.29) is 6.10 Å². The predicted molar refractivity (Wildman–Crippen MR) is 90.7 cm³/mol. The van der Waals surface area contributed by atoms with Gasteiger partial charge in [-0.05, 0) is 25.7 Å². The van der Waals surface area contributed by atoms with E-state index in [2.05, 4.69) is 27.7 Å². The van der Waals surface area contributed by atoms with Crippen LogP contribution in [0.1, 0.15) is 48.6 Å². The van der Waals surface area contributed by atoms with Crippen LogP contribution in [0.15, 0.2) is 34.2 Å². The topological polar surface area (TPSA) is 61.0 Å². The summed E-state index contributed by atoms with van der Waals surface area (Å²) in [6.07, 6.45) is 4.54. The number of rotatable bonds is 4. The van der Waals surface area contributed by atoms with Crippen LogP contribution in [0.25, 0.3) is 22.6 Å². The van der Waals surface area contributed by atoms with Crippen LogP contribution in [-0.2, 0) is 4.74 Å². The van der Waals surface area contributed by atoms with Crippen molar-refractivity contribution in [2.75, 3.05) is 6.61 Å². The van der Waals surface area contributed by atoms with Crippen LogP contribution in [0.2, 0.25) is 0 Å². The van der Waals surface area contributed by atoms with E-state index in [9.17, 15) is 0 Å². The zero-order valence-corrected chi connectivity index (χ0v) is 14.0. The molecule has 2 aliphatic rings. The normalized spacial score (nSPS) is 20.6. The highest BCUT2D eigenvalue weighted by molar-refractivity contribution is 7.10. The SMILES string of the molecule is c1cc(-c2noc(C3CCCO3)n2)ccc1-c1csc(C2CC2)n1. The second-order valence-electron chi connectivity index (χ2n) is 6.38. The summed E-state index contributed by atoms with van der Waals surface area (Å²) in [6.45, 7) is 0.771. The third kappa shape index (κ3) is 2.65. The van der Waals surface area contributed by atoms with Crippen molar-refractivity contribution in [3.63, 3.8) is 0 Å². The molecule has 1 atom stereocenters. The molecule has 0 spiro atoms. The largest absolute Gasteiger partial charge is 0.368 e. The molecule has 0 radical (unpaired) electrons. The minimum Gasteiger partial charge on any atom is -0.368 e. The summed E-state index contributed by atoms with van der Waals surface area (Å²) >= 11 is 1.77. The van der Waals surface area contributed by atoms with Crippen molar-refractivity contribution < 1.29 is 9.26 Å². The van der Waals surface area contributed by atoms with E-state index in [1.807, 2.05) is 12.1 Å². The Hall–Kier alpha value is -2.05. The molecule has 122 valence electrons. The van der Waals surface area contributed by atoms with Crippen molar-refractivity contribution in [2.45, 2.75) is 37.7 Å². The van der Waals surface area contributed by atoms with E-state index in [4.69, 9.17) is 14.2 Å². The molecule has 5 nitrogen and oxygen atoms in total. The van der Waals surface area contributed by atoms with Gasteiger partial charge in [0.2, 0.25) is 5.82 Å². The van der Waals surface area contributed by atoms with Gasteiger partial charge in [0.1, 0.15) is 6.10 Å². The van der Waals surface area contributed by atoms with Crippen molar-refractivity contribution in [1.82, 2.24) is 15.1 Å². The Kier molecular flexibility index (Phi) is 3.45. The van der Waals surface area contributed by atoms with Gasteiger partial charge in [-0.3, -0.25) is 0 Å². The van der Waals surface area contributed by atoms with Crippen LogP contribution in [0.5, 0.6) is 0 Å². The molecule has 1 aromatic carbocycles. The lowest BCUT2D eigenvalue weighted by Crippen LogP contribution is -1.95. The molecule has 1 unspecified atom stereocenters. The highest BCUT2D eigenvalue weighted by atomic mass is 32.1. The van der Waals surface area contributed by atoms with Crippen molar-refractivity contribution >= 4 is 11.3 Å². The summed E-state index contributed by atoms with van der Waals surface area (Å²) in [5.74, 6) is 1.91. The number of thiazole rings is 1. The molecule has 0 N–H and O–H groups in total. The second-order valence-corrected chi connectivity index (χ2v) is 7.27. The summed E-state index contributed by atoms with van der Waals surface area (Å²) in [6, 6.07) is 8.19. The summed E-state index contributed by atoms with van der Waals surface area (Å²) in [5, 5.41) is 7.51. The fourth-order valence-corrected chi connectivity index (χ4v) is 3.98. The maximum Gasteiger partial charge on any atom is 0.256 e. The molecule has 1 saturated carbocycles. The predicted octanol–water partition coefficient (Wildman–Crippen LogP) is 4.59. The third-order valence-corrected chi connectivity index (χ3v) is 5.54. The highest BCUT2D eigenvalue weighted by Gasteiger charge is 2.27. The lowest BCUT2D eigenvalue weighted by molar-refractivity contribution is 0.0835. The Bertz CT molecular complexity index is 845. The molecular formula is C18H17N3O2S. The van der Waals surface area contributed by atoms with Gasteiger partial charge in [0.05, 0.1) is 10.7 Å². The molecule has 1 aliphatic heterocycles. The fourth-order valence-electron chi connectivity index (χ4n) is 2.98. The van der Waals surface area contributed by atoms with Gasteiger partial charge in [-0.25, -0.2) is 4.98 Å². The van der Waals surface area contributed by atoms with Crippen molar-refractivity contribution in [1.29, 1.82) is 0 Å². The molecule has 5 rings (SSSR count). The molecule has 2 aromatic heterocycles. The molecule has 0 bridgehead atoms. The first-order chi connectivity index (χ1) is 11.9. The Morgan fingerprint density at radius 1 is 1.00 bits per heavy atom. The zero-order valence-electron chi connectivity index (χ0n) is 13.1. The van der Waals surface area contributed by atoms with E-state index < -0.39 is 0 Å². The van der Waals surface area contributed by atoms with Gasteiger partial charge in [-0.2, -0.15) is 4.98 Å². The van der Waals surface area contributed by atoms with Crippen LogP contribution in [0.4, 0.5) is 0 Å². The number of hydrogen-bond acceptors (Lipinski definition) is 6. The average molecular weight is 339 g/mol. The fraction of sp³-hybridized carbons (Fsp3) is 0.389. The van der Waals surface area contributed by atoms with E-state index in [1.54, 1.807) is 11.3 Å². The maximum absolute atomic E-state index is 5.59. The van der Waals surface area contributed by atoms with Crippen LogP contribution in [0, 0.1) is 0 Å². The van der Waals surface area contributed by atoms with E-state index in [1.165, 1.54) is 17.8 Å². The van der Waals surface area contributed by atoms with E-state index in [0.29, 0.717) is 17.6 Å². The van der Waals surface area contributed by atoms with Gasteiger partial charge in [0, 0.05) is 29.0 Å². The first-order valence-electron chi connectivity index (χ1n) is 8.38. The van der Waals surface area contributed by atoms with Crippen molar-refractivity contribution in [3.05, 3.63) is 40.5 Å². The van der Waals surface area contributed by atoms with Crippen LogP contribution >= 0.6 is 11.3 Å². The zero-order chi connectivity index (χ0) is 15.9. The average Bonchev–Trinajstić information content (AvgIpc) is 3.07. The minimum atomic E-state index is -0.0404. The maximum atomic E-state index is 5.59. The monoisotopic (exact) mass is 339 g/mol. The number of nitrogens with zero attached hydrogens (tertiary/aromatic N) is 3. The van der Waals surface area contributed by atoms with Gasteiger partial charge in [0.25, 0.3) is 5.89 Å². The highest BCUT2D eigenvalue weighted by Crippen LogP contribution is 2.42. The Labute approximate surface area is 143 Å². The van der Waals surface area contributed by atoms with Crippen LogP contribution in [-0.4, -0.2) is 21.7 Å². The Morgan fingerprint density at radius 2 is 1.83 bits per heavy atom. The number of hydrogen-bond donors (Lipinski definition) is 0. The van der Waals surface area contributed by atoms with Gasteiger partial charge in [-0.1, -0.05) is 29.4 Å².